The molecule has 0 unspecified atom stereocenters. The number of aromatic nitrogens is 4. The normalized spacial score (nSPS) is 11.0. The summed E-state index contributed by atoms with van der Waals surface area (Å²) in [4.78, 5) is 13.5. The number of hydrogen-bond acceptors (Lipinski definition) is 5. The molecule has 7 heteroatoms. The molecule has 0 saturated carbocycles. The molecule has 0 bridgehead atoms. The molecule has 0 atom stereocenters. The van der Waals surface area contributed by atoms with Crippen LogP contribution in [0.1, 0.15) is 5.69 Å². The Kier molecular flexibility index (Phi) is 3.59. The first-order valence-corrected chi connectivity index (χ1v) is 8.66. The molecule has 0 aliphatic carbocycles. The van der Waals surface area contributed by atoms with Crippen molar-refractivity contribution < 1.29 is 0 Å². The van der Waals surface area contributed by atoms with Crippen LogP contribution in [0.2, 0.25) is 0 Å². The van der Waals surface area contributed by atoms with E-state index in [0.29, 0.717) is 5.78 Å². The van der Waals surface area contributed by atoms with Gasteiger partial charge >= 0.3 is 0 Å². The van der Waals surface area contributed by atoms with Crippen molar-refractivity contribution in [2.75, 3.05) is 5.32 Å². The van der Waals surface area contributed by atoms with Crippen LogP contribution in [0.4, 0.5) is 10.8 Å². The number of nitrogens with one attached hydrogen (secondary N) is 1. The molecule has 0 radical (unpaired) electrons. The van der Waals surface area contributed by atoms with E-state index in [2.05, 4.69) is 36.2 Å². The highest BCUT2D eigenvalue weighted by Gasteiger charge is 2.14. The van der Waals surface area contributed by atoms with E-state index in [9.17, 15) is 0 Å². The molecule has 0 aliphatic rings. The maximum atomic E-state index is 4.69. The van der Waals surface area contributed by atoms with E-state index in [0.717, 1.165) is 32.4 Å². The van der Waals surface area contributed by atoms with Gasteiger partial charge in [-0.2, -0.15) is 0 Å². The summed E-state index contributed by atoms with van der Waals surface area (Å²) >= 11 is 5.00. The zero-order chi connectivity index (χ0) is 15.8. The molecule has 1 N–H and O–H groups in total. The smallest absolute Gasteiger partial charge is 0.234 e. The maximum Gasteiger partial charge on any atom is 0.234 e. The Labute approximate surface area is 145 Å². The van der Waals surface area contributed by atoms with Gasteiger partial charge in [0.25, 0.3) is 0 Å². The van der Waals surface area contributed by atoms with Gasteiger partial charge in [0.05, 0.1) is 11.4 Å². The topological polar surface area (TPSA) is 55.1 Å². The number of fused-ring (bicyclic) bond motifs is 1. The molecule has 5 nitrogen and oxygen atoms in total. The molecule has 0 amide bonds. The molecular formula is C16H12BrN5S. The maximum absolute atomic E-state index is 4.69. The zero-order valence-electron chi connectivity index (χ0n) is 12.2. The quantitative estimate of drug-likeness (QED) is 0.556. The van der Waals surface area contributed by atoms with E-state index < -0.39 is 0 Å². The van der Waals surface area contributed by atoms with Crippen LogP contribution < -0.4 is 5.32 Å². The van der Waals surface area contributed by atoms with Gasteiger partial charge in [-0.15, -0.1) is 11.3 Å². The number of benzene rings is 1. The lowest BCUT2D eigenvalue weighted by Gasteiger charge is -2.02. The van der Waals surface area contributed by atoms with Gasteiger partial charge in [-0.05, 0) is 37.3 Å². The lowest BCUT2D eigenvalue weighted by atomic mass is 10.3. The monoisotopic (exact) mass is 385 g/mol. The largest absolute Gasteiger partial charge is 0.332 e. The van der Waals surface area contributed by atoms with Gasteiger partial charge in [0, 0.05) is 27.9 Å². The fraction of sp³-hybridized carbons (Fsp3) is 0.0625. The predicted molar refractivity (Wildman–Crippen MR) is 96.3 cm³/mol. The Bertz CT molecular complexity index is 974. The summed E-state index contributed by atoms with van der Waals surface area (Å²) in [5, 5.41) is 6.20. The molecule has 0 fully saturated rings. The Morgan fingerprint density at radius 2 is 2.00 bits per heavy atom. The van der Waals surface area contributed by atoms with Crippen molar-refractivity contribution in [2.45, 2.75) is 6.92 Å². The van der Waals surface area contributed by atoms with Crippen molar-refractivity contribution in [1.82, 2.24) is 19.4 Å². The highest BCUT2D eigenvalue weighted by Crippen LogP contribution is 2.29. The van der Waals surface area contributed by atoms with Crippen LogP contribution in [0.15, 0.2) is 52.6 Å². The second-order valence-corrected chi connectivity index (χ2v) is 6.78. The highest BCUT2D eigenvalue weighted by molar-refractivity contribution is 9.10. The molecule has 114 valence electrons. The minimum atomic E-state index is 0.690. The number of halogens is 1. The summed E-state index contributed by atoms with van der Waals surface area (Å²) < 4.78 is 3.02. The van der Waals surface area contributed by atoms with Gasteiger partial charge in [-0.1, -0.05) is 15.9 Å². The van der Waals surface area contributed by atoms with E-state index in [1.165, 1.54) is 0 Å². The van der Waals surface area contributed by atoms with Crippen LogP contribution in [0, 0.1) is 6.92 Å². The Balaban J connectivity index is 1.69. The molecule has 23 heavy (non-hydrogen) atoms. The van der Waals surface area contributed by atoms with E-state index in [1.54, 1.807) is 17.5 Å². The van der Waals surface area contributed by atoms with Crippen molar-refractivity contribution in [3.63, 3.8) is 0 Å². The second kappa shape index (κ2) is 5.75. The summed E-state index contributed by atoms with van der Waals surface area (Å²) in [6.45, 7) is 1.98. The summed E-state index contributed by atoms with van der Waals surface area (Å²) in [7, 11) is 0. The number of hydrogen-bond donors (Lipinski definition) is 1. The number of thiazole rings is 1. The van der Waals surface area contributed by atoms with Crippen LogP contribution in [-0.4, -0.2) is 19.4 Å². The van der Waals surface area contributed by atoms with E-state index in [-0.39, 0.29) is 0 Å². The van der Waals surface area contributed by atoms with Crippen LogP contribution in [0.5, 0.6) is 0 Å². The molecular weight excluding hydrogens is 374 g/mol. The number of imidazole rings is 1. The summed E-state index contributed by atoms with van der Waals surface area (Å²) in [6, 6.07) is 9.91. The van der Waals surface area contributed by atoms with Gasteiger partial charge in [0.2, 0.25) is 5.78 Å². The summed E-state index contributed by atoms with van der Waals surface area (Å²) in [6.07, 6.45) is 3.70. The summed E-state index contributed by atoms with van der Waals surface area (Å²) in [5.41, 5.74) is 3.80. The van der Waals surface area contributed by atoms with E-state index in [4.69, 9.17) is 0 Å². The lowest BCUT2D eigenvalue weighted by Crippen LogP contribution is -1.92. The Morgan fingerprint density at radius 1 is 1.17 bits per heavy atom. The van der Waals surface area contributed by atoms with Crippen LogP contribution >= 0.6 is 27.3 Å². The van der Waals surface area contributed by atoms with Crippen molar-refractivity contribution in [3.05, 3.63) is 58.3 Å². The second-order valence-electron chi connectivity index (χ2n) is 5.01. The molecule has 3 heterocycles. The standard InChI is InChI=1S/C16H12BrN5S/c1-10-14(22-8-2-7-18-15(22)19-10)13-9-23-16(21-13)20-12-5-3-11(17)4-6-12/h2-9H,1H3,(H,20,21). The number of rotatable bonds is 3. The van der Waals surface area contributed by atoms with Crippen LogP contribution in [0.25, 0.3) is 17.2 Å². The minimum Gasteiger partial charge on any atom is -0.332 e. The lowest BCUT2D eigenvalue weighted by molar-refractivity contribution is 1.11. The predicted octanol–water partition coefficient (Wildman–Crippen LogP) is 4.67. The van der Waals surface area contributed by atoms with Gasteiger partial charge in [0.1, 0.15) is 5.69 Å². The third-order valence-electron chi connectivity index (χ3n) is 3.42. The number of nitrogens with zero attached hydrogens (tertiary/aromatic N) is 4. The van der Waals surface area contributed by atoms with Gasteiger partial charge in [-0.25, -0.2) is 15.0 Å². The SMILES string of the molecule is Cc1nc2ncccn2c1-c1csc(Nc2ccc(Br)cc2)n1. The van der Waals surface area contributed by atoms with Crippen molar-refractivity contribution in [3.8, 4) is 11.4 Å². The van der Waals surface area contributed by atoms with Crippen molar-refractivity contribution >= 4 is 43.9 Å². The minimum absolute atomic E-state index is 0.690. The van der Waals surface area contributed by atoms with Crippen molar-refractivity contribution in [2.24, 2.45) is 0 Å². The van der Waals surface area contributed by atoms with E-state index in [1.807, 2.05) is 53.2 Å². The van der Waals surface area contributed by atoms with Gasteiger partial charge < -0.3 is 5.32 Å². The highest BCUT2D eigenvalue weighted by atomic mass is 79.9. The van der Waals surface area contributed by atoms with Gasteiger partial charge in [0.15, 0.2) is 5.13 Å². The fourth-order valence-corrected chi connectivity index (χ4v) is 3.38. The molecule has 4 rings (SSSR count). The summed E-state index contributed by atoms with van der Waals surface area (Å²) in [5.74, 6) is 0.690. The van der Waals surface area contributed by atoms with Crippen LogP contribution in [-0.2, 0) is 0 Å². The third kappa shape index (κ3) is 2.73. The van der Waals surface area contributed by atoms with Crippen LogP contribution in [0.3, 0.4) is 0 Å². The van der Waals surface area contributed by atoms with E-state index >= 15 is 0 Å². The molecule has 1 aromatic carbocycles. The first-order chi connectivity index (χ1) is 11.2. The average molecular weight is 386 g/mol. The third-order valence-corrected chi connectivity index (χ3v) is 4.71. The average Bonchev–Trinajstić information content (AvgIpc) is 3.12. The first-order valence-electron chi connectivity index (χ1n) is 6.99. The molecule has 0 spiro atoms. The Morgan fingerprint density at radius 3 is 2.83 bits per heavy atom. The number of anilines is 2. The molecule has 0 saturated heterocycles. The molecule has 3 aromatic heterocycles. The number of aryl methyl sites for hydroxylation is 1. The molecule has 0 aliphatic heterocycles. The van der Waals surface area contributed by atoms with Gasteiger partial charge in [-0.3, -0.25) is 4.40 Å². The fourth-order valence-electron chi connectivity index (χ4n) is 2.40. The van der Waals surface area contributed by atoms with Crippen molar-refractivity contribution in [1.29, 1.82) is 0 Å². The Hall–Kier alpha value is -2.25. The molecule has 4 aromatic rings. The zero-order valence-corrected chi connectivity index (χ0v) is 14.6. The first kappa shape index (κ1) is 14.3.